The van der Waals surface area contributed by atoms with Gasteiger partial charge >= 0.3 is 0 Å². The topological polar surface area (TPSA) is 57.7 Å². The Morgan fingerprint density at radius 3 is 2.04 bits per heavy atom. The molecule has 5 nitrogen and oxygen atoms in total. The Bertz CT molecular complexity index is 988. The summed E-state index contributed by atoms with van der Waals surface area (Å²) < 4.78 is 25.7. The molecular formula is C21H22N2O3S. The van der Waals surface area contributed by atoms with Gasteiger partial charge in [0.2, 0.25) is 15.9 Å². The van der Waals surface area contributed by atoms with Gasteiger partial charge in [0.25, 0.3) is 0 Å². The lowest BCUT2D eigenvalue weighted by molar-refractivity contribution is -0.132. The molecule has 2 aromatic rings. The zero-order chi connectivity index (χ0) is 18.8. The van der Waals surface area contributed by atoms with Crippen molar-refractivity contribution in [2.75, 3.05) is 19.3 Å². The zero-order valence-electron chi connectivity index (χ0n) is 15.2. The largest absolute Gasteiger partial charge is 0.337 e. The van der Waals surface area contributed by atoms with Gasteiger partial charge in [0.15, 0.2) is 0 Å². The van der Waals surface area contributed by atoms with Crippen LogP contribution >= 0.6 is 0 Å². The summed E-state index contributed by atoms with van der Waals surface area (Å²) in [7, 11) is -3.23. The van der Waals surface area contributed by atoms with Crippen molar-refractivity contribution >= 4 is 15.9 Å². The fourth-order valence-corrected chi connectivity index (χ4v) is 6.39. The van der Waals surface area contributed by atoms with Crippen LogP contribution in [0.5, 0.6) is 0 Å². The van der Waals surface area contributed by atoms with Crippen LogP contribution in [0, 0.1) is 0 Å². The number of benzene rings is 2. The number of amides is 1. The number of fused-ring (bicyclic) bond motifs is 4. The number of likely N-dealkylation sites (tertiary alicyclic amines) is 1. The molecule has 140 valence electrons. The SMILES string of the molecule is CS(=O)(=O)N1CC[C@H]2[C@@H]1CCN2C(=O)C1c2ccccc2-c2ccccc21. The Balaban J connectivity index is 1.51. The van der Waals surface area contributed by atoms with Crippen LogP contribution in [-0.4, -0.2) is 55.0 Å². The standard InChI is InChI=1S/C21H22N2O3S/c1-27(25,26)23-13-11-18-19(23)10-12-22(18)21(24)20-16-8-4-2-6-14(16)15-7-3-5-9-17(15)20/h2-9,18-20H,10-13H2,1H3/t18-,19-/m0/s1. The van der Waals surface area contributed by atoms with E-state index in [9.17, 15) is 13.2 Å². The van der Waals surface area contributed by atoms with Crippen molar-refractivity contribution in [3.8, 4) is 11.1 Å². The number of hydrogen-bond acceptors (Lipinski definition) is 3. The lowest BCUT2D eigenvalue weighted by Gasteiger charge is -2.28. The third-order valence-corrected chi connectivity index (χ3v) is 7.62. The van der Waals surface area contributed by atoms with E-state index in [1.165, 1.54) is 6.26 Å². The van der Waals surface area contributed by atoms with E-state index in [4.69, 9.17) is 0 Å². The molecule has 5 rings (SSSR count). The van der Waals surface area contributed by atoms with Gasteiger partial charge in [-0.3, -0.25) is 4.79 Å². The van der Waals surface area contributed by atoms with Gasteiger partial charge in [-0.1, -0.05) is 48.5 Å². The summed E-state index contributed by atoms with van der Waals surface area (Å²) in [4.78, 5) is 15.6. The predicted molar refractivity (Wildman–Crippen MR) is 104 cm³/mol. The third kappa shape index (κ3) is 2.47. The molecule has 3 aliphatic rings. The van der Waals surface area contributed by atoms with Gasteiger partial charge in [-0.05, 0) is 35.1 Å². The first-order valence-corrected chi connectivity index (χ1v) is 11.3. The van der Waals surface area contributed by atoms with Crippen molar-refractivity contribution in [3.05, 3.63) is 59.7 Å². The first-order valence-electron chi connectivity index (χ1n) is 9.42. The third-order valence-electron chi connectivity index (χ3n) is 6.32. The molecule has 2 fully saturated rings. The zero-order valence-corrected chi connectivity index (χ0v) is 16.0. The number of hydrogen-bond donors (Lipinski definition) is 0. The van der Waals surface area contributed by atoms with Gasteiger partial charge in [-0.25, -0.2) is 8.42 Å². The molecule has 1 amide bonds. The molecule has 0 radical (unpaired) electrons. The van der Waals surface area contributed by atoms with E-state index in [0.717, 1.165) is 35.1 Å². The molecular weight excluding hydrogens is 360 g/mol. The Morgan fingerprint density at radius 1 is 0.889 bits per heavy atom. The molecule has 1 aliphatic carbocycles. The molecule has 0 saturated carbocycles. The van der Waals surface area contributed by atoms with Crippen LogP contribution in [0.15, 0.2) is 48.5 Å². The maximum atomic E-state index is 13.6. The second-order valence-corrected chi connectivity index (χ2v) is 9.66. The van der Waals surface area contributed by atoms with Crippen molar-refractivity contribution in [2.24, 2.45) is 0 Å². The van der Waals surface area contributed by atoms with E-state index in [-0.39, 0.29) is 23.9 Å². The molecule has 2 heterocycles. The van der Waals surface area contributed by atoms with Crippen LogP contribution in [0.1, 0.15) is 29.9 Å². The van der Waals surface area contributed by atoms with Crippen molar-refractivity contribution in [3.63, 3.8) is 0 Å². The van der Waals surface area contributed by atoms with E-state index in [2.05, 4.69) is 12.1 Å². The summed E-state index contributed by atoms with van der Waals surface area (Å²) in [6.07, 6.45) is 2.71. The highest BCUT2D eigenvalue weighted by molar-refractivity contribution is 7.88. The average Bonchev–Trinajstić information content (AvgIpc) is 3.32. The molecule has 2 aliphatic heterocycles. The van der Waals surface area contributed by atoms with E-state index in [1.807, 2.05) is 41.3 Å². The highest BCUT2D eigenvalue weighted by Gasteiger charge is 2.49. The minimum atomic E-state index is -3.23. The van der Waals surface area contributed by atoms with Gasteiger partial charge in [0.1, 0.15) is 0 Å². The quantitative estimate of drug-likeness (QED) is 0.802. The Hall–Kier alpha value is -2.18. The minimum Gasteiger partial charge on any atom is -0.337 e. The fourth-order valence-electron chi connectivity index (χ4n) is 5.22. The van der Waals surface area contributed by atoms with Gasteiger partial charge in [-0.2, -0.15) is 4.31 Å². The summed E-state index contributed by atoms with van der Waals surface area (Å²) in [5.41, 5.74) is 4.38. The number of sulfonamides is 1. The van der Waals surface area contributed by atoms with Gasteiger partial charge in [0, 0.05) is 25.2 Å². The summed E-state index contributed by atoms with van der Waals surface area (Å²) >= 11 is 0. The van der Waals surface area contributed by atoms with Crippen LogP contribution in [0.3, 0.4) is 0 Å². The molecule has 0 N–H and O–H groups in total. The molecule has 6 heteroatoms. The van der Waals surface area contributed by atoms with Crippen LogP contribution in [0.2, 0.25) is 0 Å². The Kier molecular flexibility index (Phi) is 3.71. The van der Waals surface area contributed by atoms with Crippen molar-refractivity contribution < 1.29 is 13.2 Å². The first kappa shape index (κ1) is 17.0. The minimum absolute atomic E-state index is 0.00727. The second-order valence-electron chi connectivity index (χ2n) is 7.72. The number of carbonyl (C=O) groups is 1. The van der Waals surface area contributed by atoms with Gasteiger partial charge in [0.05, 0.1) is 12.2 Å². The highest BCUT2D eigenvalue weighted by Crippen LogP contribution is 2.46. The summed E-state index contributed by atoms with van der Waals surface area (Å²) in [6, 6.07) is 16.2. The Labute approximate surface area is 159 Å². The number of rotatable bonds is 2. The van der Waals surface area contributed by atoms with Crippen LogP contribution in [-0.2, 0) is 14.8 Å². The van der Waals surface area contributed by atoms with E-state index < -0.39 is 10.0 Å². The molecule has 2 aromatic carbocycles. The number of nitrogens with zero attached hydrogens (tertiary/aromatic N) is 2. The summed E-state index contributed by atoms with van der Waals surface area (Å²) in [5.74, 6) is -0.182. The monoisotopic (exact) mass is 382 g/mol. The van der Waals surface area contributed by atoms with Gasteiger partial charge in [-0.15, -0.1) is 0 Å². The van der Waals surface area contributed by atoms with Crippen LogP contribution in [0.4, 0.5) is 0 Å². The van der Waals surface area contributed by atoms with Crippen molar-refractivity contribution in [1.82, 2.24) is 9.21 Å². The predicted octanol–water partition coefficient (Wildman–Crippen LogP) is 2.43. The molecule has 2 saturated heterocycles. The maximum Gasteiger partial charge on any atom is 0.234 e. The normalized spacial score (nSPS) is 24.7. The first-order chi connectivity index (χ1) is 13.0. The van der Waals surface area contributed by atoms with Crippen molar-refractivity contribution in [2.45, 2.75) is 30.8 Å². The van der Waals surface area contributed by atoms with Gasteiger partial charge < -0.3 is 4.90 Å². The molecule has 2 atom stereocenters. The lowest BCUT2D eigenvalue weighted by atomic mass is 9.95. The smallest absolute Gasteiger partial charge is 0.234 e. The van der Waals surface area contributed by atoms with Crippen LogP contribution < -0.4 is 0 Å². The maximum absolute atomic E-state index is 13.6. The molecule has 0 aromatic heterocycles. The second kappa shape index (κ2) is 5.91. The molecule has 27 heavy (non-hydrogen) atoms. The van der Waals surface area contributed by atoms with E-state index in [1.54, 1.807) is 4.31 Å². The Morgan fingerprint density at radius 2 is 1.44 bits per heavy atom. The van der Waals surface area contributed by atoms with E-state index >= 15 is 0 Å². The summed E-state index contributed by atoms with van der Waals surface area (Å²) in [6.45, 7) is 1.14. The van der Waals surface area contributed by atoms with E-state index in [0.29, 0.717) is 13.1 Å². The molecule has 0 bridgehead atoms. The molecule has 0 spiro atoms. The van der Waals surface area contributed by atoms with Crippen molar-refractivity contribution in [1.29, 1.82) is 0 Å². The average molecular weight is 382 g/mol. The summed E-state index contributed by atoms with van der Waals surface area (Å²) in [5, 5.41) is 0. The van der Waals surface area contributed by atoms with Crippen LogP contribution in [0.25, 0.3) is 11.1 Å². The number of carbonyl (C=O) groups excluding carboxylic acids is 1. The lowest BCUT2D eigenvalue weighted by Crippen LogP contribution is -2.42. The molecule has 0 unspecified atom stereocenters. The highest BCUT2D eigenvalue weighted by atomic mass is 32.2. The fraction of sp³-hybridized carbons (Fsp3) is 0.381.